The van der Waals surface area contributed by atoms with Crippen LogP contribution in [0.3, 0.4) is 0 Å². The molecule has 0 atom stereocenters. The van der Waals surface area contributed by atoms with Crippen molar-refractivity contribution < 1.29 is 0 Å². The molecule has 0 unspecified atom stereocenters. The second-order valence-electron chi connectivity index (χ2n) is 3.84. The van der Waals surface area contributed by atoms with Gasteiger partial charge in [0.2, 0.25) is 5.28 Å². The summed E-state index contributed by atoms with van der Waals surface area (Å²) in [5.74, 6) is 0.775. The molecule has 90 valence electrons. The van der Waals surface area contributed by atoms with E-state index in [0.29, 0.717) is 0 Å². The van der Waals surface area contributed by atoms with E-state index in [9.17, 15) is 0 Å². The molecule has 0 spiro atoms. The SMILES string of the molecule is Clc1nc(NCc2ccsc2)c2ccccc2n1. The van der Waals surface area contributed by atoms with E-state index in [-0.39, 0.29) is 5.28 Å². The zero-order valence-electron chi connectivity index (χ0n) is 9.43. The second kappa shape index (κ2) is 4.92. The van der Waals surface area contributed by atoms with Crippen molar-refractivity contribution in [2.75, 3.05) is 5.32 Å². The van der Waals surface area contributed by atoms with E-state index in [1.54, 1.807) is 11.3 Å². The highest BCUT2D eigenvalue weighted by Gasteiger charge is 2.05. The van der Waals surface area contributed by atoms with Crippen molar-refractivity contribution in [2.45, 2.75) is 6.54 Å². The summed E-state index contributed by atoms with van der Waals surface area (Å²) in [6.07, 6.45) is 0. The Morgan fingerprint density at radius 1 is 1.17 bits per heavy atom. The number of fused-ring (bicyclic) bond motifs is 1. The Hall–Kier alpha value is -1.65. The first kappa shape index (κ1) is 11.4. The van der Waals surface area contributed by atoms with E-state index in [4.69, 9.17) is 11.6 Å². The summed E-state index contributed by atoms with van der Waals surface area (Å²) in [7, 11) is 0. The highest BCUT2D eigenvalue weighted by molar-refractivity contribution is 7.07. The van der Waals surface area contributed by atoms with Crippen molar-refractivity contribution in [1.29, 1.82) is 0 Å². The molecule has 0 aliphatic carbocycles. The van der Waals surface area contributed by atoms with Gasteiger partial charge < -0.3 is 5.32 Å². The van der Waals surface area contributed by atoms with Crippen LogP contribution >= 0.6 is 22.9 Å². The number of nitrogens with one attached hydrogen (secondary N) is 1. The summed E-state index contributed by atoms with van der Waals surface area (Å²) < 4.78 is 0. The third-order valence-corrected chi connectivity index (χ3v) is 3.52. The van der Waals surface area contributed by atoms with Crippen molar-refractivity contribution in [2.24, 2.45) is 0 Å². The molecule has 0 aliphatic rings. The summed E-state index contributed by atoms with van der Waals surface area (Å²) in [5, 5.41) is 8.72. The van der Waals surface area contributed by atoms with Gasteiger partial charge in [-0.15, -0.1) is 0 Å². The van der Waals surface area contributed by atoms with Crippen LogP contribution in [0.2, 0.25) is 5.28 Å². The van der Waals surface area contributed by atoms with Crippen LogP contribution < -0.4 is 5.32 Å². The molecule has 0 radical (unpaired) electrons. The van der Waals surface area contributed by atoms with Crippen LogP contribution in [0.15, 0.2) is 41.1 Å². The molecular formula is C13H10ClN3S. The van der Waals surface area contributed by atoms with E-state index in [1.165, 1.54) is 5.56 Å². The van der Waals surface area contributed by atoms with Crippen LogP contribution in [0.5, 0.6) is 0 Å². The molecule has 3 rings (SSSR count). The number of anilines is 1. The molecule has 0 fully saturated rings. The number of hydrogen-bond acceptors (Lipinski definition) is 4. The van der Waals surface area contributed by atoms with Gasteiger partial charge >= 0.3 is 0 Å². The Balaban J connectivity index is 1.95. The van der Waals surface area contributed by atoms with Crippen molar-refractivity contribution in [3.05, 3.63) is 51.9 Å². The minimum Gasteiger partial charge on any atom is -0.365 e. The monoisotopic (exact) mass is 275 g/mol. The van der Waals surface area contributed by atoms with Crippen molar-refractivity contribution >= 4 is 39.7 Å². The van der Waals surface area contributed by atoms with Gasteiger partial charge in [0.25, 0.3) is 0 Å². The van der Waals surface area contributed by atoms with Crippen LogP contribution in [0, 0.1) is 0 Å². The van der Waals surface area contributed by atoms with Gasteiger partial charge in [0, 0.05) is 11.9 Å². The Bertz CT molecular complexity index is 667. The first-order valence-electron chi connectivity index (χ1n) is 5.50. The molecule has 2 heterocycles. The molecule has 0 saturated heterocycles. The maximum atomic E-state index is 5.92. The van der Waals surface area contributed by atoms with Crippen molar-refractivity contribution in [3.63, 3.8) is 0 Å². The van der Waals surface area contributed by atoms with Gasteiger partial charge in [0.05, 0.1) is 5.52 Å². The molecule has 18 heavy (non-hydrogen) atoms. The van der Waals surface area contributed by atoms with Gasteiger partial charge in [-0.25, -0.2) is 9.97 Å². The number of aromatic nitrogens is 2. The zero-order valence-corrected chi connectivity index (χ0v) is 11.0. The normalized spacial score (nSPS) is 10.7. The Kier molecular flexibility index (Phi) is 3.13. The predicted octanol–water partition coefficient (Wildman–Crippen LogP) is 3.96. The average Bonchev–Trinajstić information content (AvgIpc) is 2.89. The smallest absolute Gasteiger partial charge is 0.224 e. The highest BCUT2D eigenvalue weighted by Crippen LogP contribution is 2.22. The van der Waals surface area contributed by atoms with Crippen LogP contribution in [0.4, 0.5) is 5.82 Å². The van der Waals surface area contributed by atoms with Crippen molar-refractivity contribution in [1.82, 2.24) is 9.97 Å². The van der Waals surface area contributed by atoms with Gasteiger partial charge in [-0.2, -0.15) is 11.3 Å². The van der Waals surface area contributed by atoms with Crippen LogP contribution in [-0.4, -0.2) is 9.97 Å². The zero-order chi connectivity index (χ0) is 12.4. The van der Waals surface area contributed by atoms with Gasteiger partial charge in [-0.05, 0) is 46.1 Å². The molecule has 1 N–H and O–H groups in total. The summed E-state index contributed by atoms with van der Waals surface area (Å²) in [6.45, 7) is 0.737. The average molecular weight is 276 g/mol. The number of hydrogen-bond donors (Lipinski definition) is 1. The minimum absolute atomic E-state index is 0.265. The summed E-state index contributed by atoms with van der Waals surface area (Å²) in [6, 6.07) is 9.91. The van der Waals surface area contributed by atoms with Gasteiger partial charge in [0.1, 0.15) is 5.82 Å². The lowest BCUT2D eigenvalue weighted by Gasteiger charge is -2.07. The van der Waals surface area contributed by atoms with Crippen molar-refractivity contribution in [3.8, 4) is 0 Å². The Morgan fingerprint density at radius 3 is 2.89 bits per heavy atom. The summed E-state index contributed by atoms with van der Waals surface area (Å²) in [5.41, 5.74) is 2.09. The van der Waals surface area contributed by atoms with E-state index in [2.05, 4.69) is 32.1 Å². The maximum Gasteiger partial charge on any atom is 0.224 e. The molecule has 0 amide bonds. The van der Waals surface area contributed by atoms with Gasteiger partial charge in [-0.3, -0.25) is 0 Å². The number of halogens is 1. The fraction of sp³-hybridized carbons (Fsp3) is 0.0769. The van der Waals surface area contributed by atoms with Gasteiger partial charge in [0.15, 0.2) is 0 Å². The lowest BCUT2D eigenvalue weighted by atomic mass is 10.2. The van der Waals surface area contributed by atoms with Gasteiger partial charge in [-0.1, -0.05) is 12.1 Å². The van der Waals surface area contributed by atoms with E-state index in [0.717, 1.165) is 23.3 Å². The maximum absolute atomic E-state index is 5.92. The first-order chi connectivity index (χ1) is 8.83. The molecule has 2 aromatic heterocycles. The molecular weight excluding hydrogens is 266 g/mol. The molecule has 0 saturated carbocycles. The second-order valence-corrected chi connectivity index (χ2v) is 4.96. The lowest BCUT2D eigenvalue weighted by molar-refractivity contribution is 1.11. The predicted molar refractivity (Wildman–Crippen MR) is 76.2 cm³/mol. The summed E-state index contributed by atoms with van der Waals surface area (Å²) in [4.78, 5) is 8.45. The number of nitrogens with zero attached hydrogens (tertiary/aromatic N) is 2. The number of para-hydroxylation sites is 1. The molecule has 3 nitrogen and oxygen atoms in total. The number of benzene rings is 1. The van der Waals surface area contributed by atoms with Crippen LogP contribution in [0.25, 0.3) is 10.9 Å². The third-order valence-electron chi connectivity index (χ3n) is 2.62. The standard InChI is InChI=1S/C13H10ClN3S/c14-13-16-11-4-2-1-3-10(11)12(17-13)15-7-9-5-6-18-8-9/h1-6,8H,7H2,(H,15,16,17). The summed E-state index contributed by atoms with van der Waals surface area (Å²) >= 11 is 7.61. The molecule has 5 heteroatoms. The van der Waals surface area contributed by atoms with Crippen LogP contribution in [0.1, 0.15) is 5.56 Å². The van der Waals surface area contributed by atoms with E-state index < -0.39 is 0 Å². The van der Waals surface area contributed by atoms with Crippen LogP contribution in [-0.2, 0) is 6.54 Å². The first-order valence-corrected chi connectivity index (χ1v) is 6.82. The number of rotatable bonds is 3. The molecule has 0 bridgehead atoms. The largest absolute Gasteiger partial charge is 0.365 e. The minimum atomic E-state index is 0.265. The Labute approximate surface area is 113 Å². The third kappa shape index (κ3) is 2.30. The quantitative estimate of drug-likeness (QED) is 0.735. The highest BCUT2D eigenvalue weighted by atomic mass is 35.5. The lowest BCUT2D eigenvalue weighted by Crippen LogP contribution is -2.02. The van der Waals surface area contributed by atoms with E-state index in [1.807, 2.05) is 24.3 Å². The number of thiophene rings is 1. The molecule has 3 aromatic rings. The Morgan fingerprint density at radius 2 is 2.06 bits per heavy atom. The fourth-order valence-electron chi connectivity index (χ4n) is 1.76. The topological polar surface area (TPSA) is 37.8 Å². The fourth-order valence-corrected chi connectivity index (χ4v) is 2.61. The molecule has 0 aliphatic heterocycles. The molecule has 1 aromatic carbocycles. The van der Waals surface area contributed by atoms with E-state index >= 15 is 0 Å².